The van der Waals surface area contributed by atoms with Gasteiger partial charge >= 0.3 is 0 Å². The summed E-state index contributed by atoms with van der Waals surface area (Å²) in [4.78, 5) is 2.46. The number of halogens is 1. The maximum absolute atomic E-state index is 13.2. The van der Waals surface area contributed by atoms with Gasteiger partial charge in [-0.2, -0.15) is 0 Å². The zero-order chi connectivity index (χ0) is 14.7. The van der Waals surface area contributed by atoms with E-state index in [-0.39, 0.29) is 5.82 Å². The third-order valence-electron chi connectivity index (χ3n) is 5.53. The summed E-state index contributed by atoms with van der Waals surface area (Å²) in [6, 6.07) is 6.33. The lowest BCUT2D eigenvalue weighted by atomic mass is 9.77. The predicted octanol–water partition coefficient (Wildman–Crippen LogP) is 3.91. The molecule has 2 aliphatic rings. The number of rotatable bonds is 4. The summed E-state index contributed by atoms with van der Waals surface area (Å²) in [5.41, 5.74) is 1.34. The second-order valence-corrected chi connectivity index (χ2v) is 6.91. The number of likely N-dealkylation sites (tertiary alicyclic amines) is 1. The van der Waals surface area contributed by atoms with Gasteiger partial charge in [0.05, 0.1) is 6.10 Å². The van der Waals surface area contributed by atoms with Crippen LogP contribution in [0.1, 0.15) is 56.6 Å². The zero-order valence-corrected chi connectivity index (χ0v) is 12.7. The van der Waals surface area contributed by atoms with Crippen molar-refractivity contribution in [2.24, 2.45) is 5.41 Å². The highest BCUT2D eigenvalue weighted by Gasteiger charge is 2.36. The SMILES string of the molecule is OC(CCN1CCC2(CCCC2)CC1)c1cccc(F)c1. The van der Waals surface area contributed by atoms with Gasteiger partial charge in [0, 0.05) is 6.54 Å². The molecule has 1 saturated carbocycles. The molecule has 3 heteroatoms. The van der Waals surface area contributed by atoms with Crippen molar-refractivity contribution in [2.75, 3.05) is 19.6 Å². The van der Waals surface area contributed by atoms with Crippen LogP contribution in [0.5, 0.6) is 0 Å². The van der Waals surface area contributed by atoms with E-state index in [4.69, 9.17) is 0 Å². The van der Waals surface area contributed by atoms with Crippen molar-refractivity contribution in [2.45, 2.75) is 51.0 Å². The minimum Gasteiger partial charge on any atom is -0.388 e. The molecular weight excluding hydrogens is 265 g/mol. The molecule has 2 nitrogen and oxygen atoms in total. The van der Waals surface area contributed by atoms with Crippen molar-refractivity contribution in [1.82, 2.24) is 4.90 Å². The van der Waals surface area contributed by atoms with E-state index in [1.54, 1.807) is 12.1 Å². The van der Waals surface area contributed by atoms with E-state index in [1.165, 1.54) is 50.7 Å². The Bertz CT molecular complexity index is 460. The highest BCUT2D eigenvalue weighted by Crippen LogP contribution is 2.46. The monoisotopic (exact) mass is 291 g/mol. The lowest BCUT2D eigenvalue weighted by Gasteiger charge is -2.39. The minimum absolute atomic E-state index is 0.271. The van der Waals surface area contributed by atoms with Crippen molar-refractivity contribution < 1.29 is 9.50 Å². The van der Waals surface area contributed by atoms with Crippen LogP contribution in [-0.2, 0) is 0 Å². The highest BCUT2D eigenvalue weighted by atomic mass is 19.1. The molecule has 1 atom stereocenters. The summed E-state index contributed by atoms with van der Waals surface area (Å²) < 4.78 is 13.2. The molecular formula is C18H26FNO. The number of piperidine rings is 1. The second-order valence-electron chi connectivity index (χ2n) is 6.91. The molecule has 21 heavy (non-hydrogen) atoms. The van der Waals surface area contributed by atoms with E-state index in [0.29, 0.717) is 17.4 Å². The molecule has 1 spiro atoms. The first kappa shape index (κ1) is 15.0. The van der Waals surface area contributed by atoms with Gasteiger partial charge in [0.25, 0.3) is 0 Å². The third-order valence-corrected chi connectivity index (χ3v) is 5.53. The Labute approximate surface area is 127 Å². The summed E-state index contributed by atoms with van der Waals surface area (Å²) in [7, 11) is 0. The Morgan fingerprint density at radius 1 is 1.14 bits per heavy atom. The van der Waals surface area contributed by atoms with Crippen LogP contribution in [0.25, 0.3) is 0 Å². The van der Waals surface area contributed by atoms with E-state index in [1.807, 2.05) is 0 Å². The zero-order valence-electron chi connectivity index (χ0n) is 12.7. The predicted molar refractivity (Wildman–Crippen MR) is 82.6 cm³/mol. The lowest BCUT2D eigenvalue weighted by molar-refractivity contribution is 0.0869. The first-order valence-corrected chi connectivity index (χ1v) is 8.33. The topological polar surface area (TPSA) is 23.5 Å². The molecule has 1 saturated heterocycles. The van der Waals surface area contributed by atoms with Gasteiger partial charge in [-0.15, -0.1) is 0 Å². The summed E-state index contributed by atoms with van der Waals surface area (Å²) in [5.74, 6) is -0.271. The van der Waals surface area contributed by atoms with E-state index >= 15 is 0 Å². The minimum atomic E-state index is -0.553. The van der Waals surface area contributed by atoms with Gasteiger partial charge < -0.3 is 10.0 Å². The Balaban J connectivity index is 1.45. The average molecular weight is 291 g/mol. The Hall–Kier alpha value is -0.930. The molecule has 0 amide bonds. The molecule has 0 aromatic heterocycles. The molecule has 1 N–H and O–H groups in total. The molecule has 1 unspecified atom stereocenters. The van der Waals surface area contributed by atoms with E-state index in [2.05, 4.69) is 4.90 Å². The fourth-order valence-electron chi connectivity index (χ4n) is 4.06. The van der Waals surface area contributed by atoms with Crippen molar-refractivity contribution in [3.63, 3.8) is 0 Å². The number of nitrogens with zero attached hydrogens (tertiary/aromatic N) is 1. The third kappa shape index (κ3) is 3.64. The summed E-state index contributed by atoms with van der Waals surface area (Å²) >= 11 is 0. The first-order valence-electron chi connectivity index (χ1n) is 8.33. The molecule has 1 aromatic rings. The molecule has 1 heterocycles. The van der Waals surface area contributed by atoms with Crippen LogP contribution in [0.4, 0.5) is 4.39 Å². The lowest BCUT2D eigenvalue weighted by Crippen LogP contribution is -2.39. The molecule has 0 radical (unpaired) electrons. The van der Waals surface area contributed by atoms with Crippen molar-refractivity contribution in [3.8, 4) is 0 Å². The van der Waals surface area contributed by atoms with Crippen LogP contribution >= 0.6 is 0 Å². The number of hydrogen-bond donors (Lipinski definition) is 1. The Morgan fingerprint density at radius 3 is 2.52 bits per heavy atom. The summed E-state index contributed by atoms with van der Waals surface area (Å²) in [5, 5.41) is 10.2. The van der Waals surface area contributed by atoms with Crippen molar-refractivity contribution in [3.05, 3.63) is 35.6 Å². The molecule has 0 bridgehead atoms. The van der Waals surface area contributed by atoms with Crippen LogP contribution in [-0.4, -0.2) is 29.6 Å². The number of benzene rings is 1. The standard InChI is InChI=1S/C18H26FNO/c19-16-5-3-4-15(14-16)17(21)6-11-20-12-9-18(10-13-20)7-1-2-8-18/h3-5,14,17,21H,1-2,6-13H2. The molecule has 1 aromatic carbocycles. The van der Waals surface area contributed by atoms with E-state index in [9.17, 15) is 9.50 Å². The number of hydrogen-bond acceptors (Lipinski definition) is 2. The van der Waals surface area contributed by atoms with Gasteiger partial charge in [0.15, 0.2) is 0 Å². The Morgan fingerprint density at radius 2 is 1.86 bits per heavy atom. The molecule has 1 aliphatic heterocycles. The fourth-order valence-corrected chi connectivity index (χ4v) is 4.06. The van der Waals surface area contributed by atoms with Gasteiger partial charge in [0.2, 0.25) is 0 Å². The van der Waals surface area contributed by atoms with Gasteiger partial charge in [0.1, 0.15) is 5.82 Å². The molecule has 3 rings (SSSR count). The fraction of sp³-hybridized carbons (Fsp3) is 0.667. The highest BCUT2D eigenvalue weighted by molar-refractivity contribution is 5.18. The second kappa shape index (κ2) is 6.45. The average Bonchev–Trinajstić information content (AvgIpc) is 2.95. The molecule has 2 fully saturated rings. The largest absolute Gasteiger partial charge is 0.388 e. The number of aliphatic hydroxyl groups is 1. The quantitative estimate of drug-likeness (QED) is 0.909. The Kier molecular flexibility index (Phi) is 4.60. The van der Waals surface area contributed by atoms with Crippen LogP contribution in [0.3, 0.4) is 0 Å². The molecule has 1 aliphatic carbocycles. The smallest absolute Gasteiger partial charge is 0.123 e. The van der Waals surface area contributed by atoms with E-state index < -0.39 is 6.10 Å². The first-order chi connectivity index (χ1) is 10.2. The van der Waals surface area contributed by atoms with Crippen LogP contribution in [0.2, 0.25) is 0 Å². The van der Waals surface area contributed by atoms with Crippen molar-refractivity contribution in [1.29, 1.82) is 0 Å². The summed E-state index contributed by atoms with van der Waals surface area (Å²) in [6.07, 6.45) is 8.46. The van der Waals surface area contributed by atoms with Crippen LogP contribution in [0, 0.1) is 11.2 Å². The van der Waals surface area contributed by atoms with Crippen LogP contribution < -0.4 is 0 Å². The maximum Gasteiger partial charge on any atom is 0.123 e. The molecule has 116 valence electrons. The normalized spacial score (nSPS) is 23.5. The van der Waals surface area contributed by atoms with Crippen molar-refractivity contribution >= 4 is 0 Å². The van der Waals surface area contributed by atoms with Gasteiger partial charge in [-0.1, -0.05) is 25.0 Å². The van der Waals surface area contributed by atoms with Crippen LogP contribution in [0.15, 0.2) is 24.3 Å². The van der Waals surface area contributed by atoms with E-state index in [0.717, 1.165) is 19.6 Å². The number of aliphatic hydroxyl groups excluding tert-OH is 1. The van der Waals surface area contributed by atoms with Gasteiger partial charge in [-0.05, 0) is 68.3 Å². The van der Waals surface area contributed by atoms with Gasteiger partial charge in [-0.3, -0.25) is 0 Å². The summed E-state index contributed by atoms with van der Waals surface area (Å²) in [6.45, 7) is 3.24. The van der Waals surface area contributed by atoms with Gasteiger partial charge in [-0.25, -0.2) is 4.39 Å². The maximum atomic E-state index is 13.2.